The molecule has 1 aromatic carbocycles. The third-order valence-corrected chi connectivity index (χ3v) is 2.93. The fourth-order valence-electron chi connectivity index (χ4n) is 1.81. The van der Waals surface area contributed by atoms with Crippen LogP contribution >= 0.6 is 0 Å². The van der Waals surface area contributed by atoms with Crippen LogP contribution in [0.2, 0.25) is 0 Å². The second-order valence-corrected chi connectivity index (χ2v) is 5.27. The number of hydrogen-bond acceptors (Lipinski definition) is 2. The Hall–Kier alpha value is -1.30. The molecule has 0 saturated carbocycles. The van der Waals surface area contributed by atoms with Gasteiger partial charge in [0.2, 0.25) is 0 Å². The highest BCUT2D eigenvalue weighted by Crippen LogP contribution is 2.33. The van der Waals surface area contributed by atoms with E-state index in [2.05, 4.69) is 19.2 Å². The maximum absolute atomic E-state index is 13.1. The molecule has 0 bridgehead atoms. The fraction of sp³-hybridized carbons (Fsp3) is 0.600. The molecule has 0 fully saturated rings. The number of benzene rings is 1. The molecule has 0 aromatic heterocycles. The van der Waals surface area contributed by atoms with Crippen molar-refractivity contribution in [2.24, 2.45) is 5.92 Å². The van der Waals surface area contributed by atoms with Crippen molar-refractivity contribution in [3.05, 3.63) is 29.6 Å². The summed E-state index contributed by atoms with van der Waals surface area (Å²) in [6, 6.07) is 2.66. The maximum Gasteiger partial charge on any atom is 0.419 e. The Morgan fingerprint density at radius 2 is 1.90 bits per heavy atom. The van der Waals surface area contributed by atoms with Gasteiger partial charge in [0.05, 0.1) is 5.56 Å². The van der Waals surface area contributed by atoms with E-state index in [1.807, 2.05) is 0 Å². The van der Waals surface area contributed by atoms with Crippen LogP contribution in [0.5, 0.6) is 5.75 Å². The van der Waals surface area contributed by atoms with E-state index in [0.717, 1.165) is 25.5 Å². The minimum atomic E-state index is -4.71. The summed E-state index contributed by atoms with van der Waals surface area (Å²) in [7, 11) is 0. The molecule has 0 radical (unpaired) electrons. The molecular formula is C15H21F4NO. The van der Waals surface area contributed by atoms with Crippen molar-refractivity contribution in [1.29, 1.82) is 0 Å². The molecule has 120 valence electrons. The van der Waals surface area contributed by atoms with E-state index < -0.39 is 17.6 Å². The van der Waals surface area contributed by atoms with Gasteiger partial charge in [0.15, 0.2) is 0 Å². The normalized spacial score (nSPS) is 12.0. The molecule has 0 spiro atoms. The molecule has 2 nitrogen and oxygen atoms in total. The average molecular weight is 307 g/mol. The van der Waals surface area contributed by atoms with Crippen LogP contribution < -0.4 is 10.1 Å². The minimum absolute atomic E-state index is 0.0210. The molecule has 0 aliphatic carbocycles. The lowest BCUT2D eigenvalue weighted by Gasteiger charge is -2.12. The highest BCUT2D eigenvalue weighted by Gasteiger charge is 2.34. The summed E-state index contributed by atoms with van der Waals surface area (Å²) in [5.74, 6) is -0.613. The molecule has 1 N–H and O–H groups in total. The van der Waals surface area contributed by atoms with Crippen LogP contribution in [0.1, 0.15) is 32.3 Å². The molecule has 1 rings (SSSR count). The van der Waals surface area contributed by atoms with Crippen LogP contribution in [0.15, 0.2) is 18.2 Å². The first kappa shape index (κ1) is 17.8. The van der Waals surface area contributed by atoms with Crippen molar-refractivity contribution in [3.8, 4) is 5.75 Å². The van der Waals surface area contributed by atoms with Gasteiger partial charge in [-0.15, -0.1) is 0 Å². The molecule has 0 amide bonds. The summed E-state index contributed by atoms with van der Waals surface area (Å²) < 4.78 is 55.8. The molecule has 0 aliphatic heterocycles. The maximum atomic E-state index is 13.1. The topological polar surface area (TPSA) is 21.3 Å². The van der Waals surface area contributed by atoms with Crippen molar-refractivity contribution in [3.63, 3.8) is 0 Å². The lowest BCUT2D eigenvalue weighted by Crippen LogP contribution is -2.22. The second kappa shape index (κ2) is 8.22. The van der Waals surface area contributed by atoms with Gasteiger partial charge in [-0.2, -0.15) is 13.2 Å². The molecule has 21 heavy (non-hydrogen) atoms. The van der Waals surface area contributed by atoms with Gasteiger partial charge in [0.25, 0.3) is 0 Å². The van der Waals surface area contributed by atoms with Crippen LogP contribution in [-0.2, 0) is 6.18 Å². The van der Waals surface area contributed by atoms with Gasteiger partial charge in [-0.05, 0) is 43.5 Å². The van der Waals surface area contributed by atoms with Crippen LogP contribution in [0.4, 0.5) is 17.6 Å². The average Bonchev–Trinajstić information content (AvgIpc) is 2.37. The van der Waals surface area contributed by atoms with E-state index in [1.165, 1.54) is 6.07 Å². The number of hydrogen-bond donors (Lipinski definition) is 1. The Labute approximate surface area is 122 Å². The summed E-state index contributed by atoms with van der Waals surface area (Å²) in [5, 5.41) is 3.15. The Morgan fingerprint density at radius 1 is 1.19 bits per heavy atom. The van der Waals surface area contributed by atoms with E-state index in [9.17, 15) is 17.6 Å². The van der Waals surface area contributed by atoms with Crippen LogP contribution in [0, 0.1) is 11.7 Å². The zero-order chi connectivity index (χ0) is 15.9. The lowest BCUT2D eigenvalue weighted by molar-refractivity contribution is -0.140. The number of alkyl halides is 3. The van der Waals surface area contributed by atoms with Gasteiger partial charge in [-0.25, -0.2) is 4.39 Å². The van der Waals surface area contributed by atoms with Crippen molar-refractivity contribution < 1.29 is 22.3 Å². The molecule has 1 aromatic rings. The SMILES string of the molecule is CC(C)CCCNCCOc1ccc(F)c(C(F)(F)F)c1. The number of halogens is 4. The minimum Gasteiger partial charge on any atom is -0.492 e. The van der Waals surface area contributed by atoms with E-state index in [-0.39, 0.29) is 12.4 Å². The summed E-state index contributed by atoms with van der Waals surface area (Å²) in [6.07, 6.45) is -2.54. The molecule has 0 atom stereocenters. The van der Waals surface area contributed by atoms with Gasteiger partial charge >= 0.3 is 6.18 Å². The summed E-state index contributed by atoms with van der Waals surface area (Å²) in [6.45, 7) is 5.92. The third kappa shape index (κ3) is 6.80. The van der Waals surface area contributed by atoms with Crippen LogP contribution in [0.25, 0.3) is 0 Å². The standard InChI is InChI=1S/C15H21F4NO/c1-11(2)4-3-7-20-8-9-21-12-5-6-14(16)13(10-12)15(17,18)19/h5-6,10-11,20H,3-4,7-9H2,1-2H3. The van der Waals surface area contributed by atoms with E-state index in [1.54, 1.807) is 0 Å². The van der Waals surface area contributed by atoms with E-state index in [4.69, 9.17) is 4.74 Å². The molecule has 0 heterocycles. The Kier molecular flexibility index (Phi) is 6.95. The molecular weight excluding hydrogens is 286 g/mol. The van der Waals surface area contributed by atoms with Crippen molar-refractivity contribution >= 4 is 0 Å². The Balaban J connectivity index is 2.33. The number of rotatable bonds is 8. The number of ether oxygens (including phenoxy) is 1. The predicted octanol–water partition coefficient (Wildman–Crippen LogP) is 4.25. The summed E-state index contributed by atoms with van der Waals surface area (Å²) in [5.41, 5.74) is -1.30. The van der Waals surface area contributed by atoms with Crippen molar-refractivity contribution in [2.45, 2.75) is 32.9 Å². The molecule has 0 aliphatic rings. The first-order chi connectivity index (χ1) is 9.80. The van der Waals surface area contributed by atoms with Gasteiger partial charge < -0.3 is 10.1 Å². The van der Waals surface area contributed by atoms with Gasteiger partial charge in [-0.1, -0.05) is 13.8 Å². The molecule has 0 unspecified atom stereocenters. The highest BCUT2D eigenvalue weighted by molar-refractivity contribution is 5.31. The van der Waals surface area contributed by atoms with Gasteiger partial charge in [0.1, 0.15) is 18.2 Å². The van der Waals surface area contributed by atoms with Crippen LogP contribution in [-0.4, -0.2) is 19.7 Å². The third-order valence-electron chi connectivity index (χ3n) is 2.93. The zero-order valence-electron chi connectivity index (χ0n) is 12.3. The smallest absolute Gasteiger partial charge is 0.419 e. The summed E-state index contributed by atoms with van der Waals surface area (Å²) >= 11 is 0. The Bertz CT molecular complexity index is 432. The largest absolute Gasteiger partial charge is 0.492 e. The highest BCUT2D eigenvalue weighted by atomic mass is 19.4. The lowest BCUT2D eigenvalue weighted by atomic mass is 10.1. The van der Waals surface area contributed by atoms with Gasteiger partial charge in [0, 0.05) is 6.54 Å². The summed E-state index contributed by atoms with van der Waals surface area (Å²) in [4.78, 5) is 0. The molecule has 6 heteroatoms. The van der Waals surface area contributed by atoms with Crippen LogP contribution in [0.3, 0.4) is 0 Å². The predicted molar refractivity (Wildman–Crippen MR) is 73.8 cm³/mol. The quantitative estimate of drug-likeness (QED) is 0.572. The van der Waals surface area contributed by atoms with Crippen molar-refractivity contribution in [2.75, 3.05) is 19.7 Å². The Morgan fingerprint density at radius 3 is 2.52 bits per heavy atom. The zero-order valence-corrected chi connectivity index (χ0v) is 12.3. The van der Waals surface area contributed by atoms with E-state index in [0.29, 0.717) is 18.5 Å². The van der Waals surface area contributed by atoms with E-state index >= 15 is 0 Å². The molecule has 0 saturated heterocycles. The number of nitrogens with one attached hydrogen (secondary N) is 1. The van der Waals surface area contributed by atoms with Crippen molar-refractivity contribution in [1.82, 2.24) is 5.32 Å². The fourth-order valence-corrected chi connectivity index (χ4v) is 1.81. The second-order valence-electron chi connectivity index (χ2n) is 5.27. The monoisotopic (exact) mass is 307 g/mol. The first-order valence-electron chi connectivity index (χ1n) is 7.01. The van der Waals surface area contributed by atoms with Gasteiger partial charge in [-0.3, -0.25) is 0 Å². The first-order valence-corrected chi connectivity index (χ1v) is 7.01.